The van der Waals surface area contributed by atoms with E-state index in [0.717, 1.165) is 17.7 Å². The Morgan fingerprint density at radius 3 is 2.93 bits per heavy atom. The Balaban J connectivity index is 2.39. The number of nitrogens with zero attached hydrogens (tertiary/aromatic N) is 1. The summed E-state index contributed by atoms with van der Waals surface area (Å²) in [7, 11) is 0. The predicted molar refractivity (Wildman–Crippen MR) is 57.8 cm³/mol. The third-order valence-electron chi connectivity index (χ3n) is 2.74. The van der Waals surface area contributed by atoms with Crippen molar-refractivity contribution in [2.24, 2.45) is 0 Å². The van der Waals surface area contributed by atoms with Gasteiger partial charge in [0.25, 0.3) is 0 Å². The molecule has 2 nitrogen and oxygen atoms in total. The van der Waals surface area contributed by atoms with Crippen molar-refractivity contribution < 1.29 is 9.18 Å². The van der Waals surface area contributed by atoms with Crippen molar-refractivity contribution in [1.82, 2.24) is 0 Å². The Morgan fingerprint density at radius 1 is 1.40 bits per heavy atom. The van der Waals surface area contributed by atoms with Gasteiger partial charge >= 0.3 is 0 Å². The summed E-state index contributed by atoms with van der Waals surface area (Å²) < 4.78 is 12.3. The van der Waals surface area contributed by atoms with E-state index in [1.807, 2.05) is 19.1 Å². The number of amides is 1. The van der Waals surface area contributed by atoms with Crippen molar-refractivity contribution in [2.75, 3.05) is 18.1 Å². The molecule has 0 radical (unpaired) electrons. The lowest BCUT2D eigenvalue weighted by atomic mass is 9.99. The normalized spacial score (nSPS) is 15.3. The van der Waals surface area contributed by atoms with Crippen molar-refractivity contribution in [3.05, 3.63) is 29.3 Å². The number of carbonyl (C=O) groups excluding carboxylic acids is 1. The van der Waals surface area contributed by atoms with Crippen molar-refractivity contribution in [3.63, 3.8) is 0 Å². The highest BCUT2D eigenvalue weighted by atomic mass is 19.1. The molecular weight excluding hydrogens is 193 g/mol. The topological polar surface area (TPSA) is 20.3 Å². The lowest BCUT2D eigenvalue weighted by molar-refractivity contribution is -0.118. The summed E-state index contributed by atoms with van der Waals surface area (Å²) in [6, 6.07) is 5.95. The Kier molecular flexibility index (Phi) is 2.71. The smallest absolute Gasteiger partial charge is 0.227 e. The van der Waals surface area contributed by atoms with E-state index < -0.39 is 6.67 Å². The summed E-state index contributed by atoms with van der Waals surface area (Å²) in [5.41, 5.74) is 3.22. The summed E-state index contributed by atoms with van der Waals surface area (Å²) in [5.74, 6) is 0.0315. The molecule has 0 saturated carbocycles. The zero-order chi connectivity index (χ0) is 10.8. The van der Waals surface area contributed by atoms with Crippen LogP contribution in [0, 0.1) is 6.92 Å². The number of aryl methyl sites for hydroxylation is 2. The summed E-state index contributed by atoms with van der Waals surface area (Å²) in [4.78, 5) is 13.1. The fourth-order valence-electron chi connectivity index (χ4n) is 2.02. The highest BCUT2D eigenvalue weighted by molar-refractivity contribution is 5.96. The van der Waals surface area contributed by atoms with Crippen LogP contribution in [-0.2, 0) is 11.2 Å². The molecule has 1 amide bonds. The molecule has 0 unspecified atom stereocenters. The number of alkyl halides is 1. The first kappa shape index (κ1) is 10.1. The number of benzene rings is 1. The molecule has 0 fully saturated rings. The molecular formula is C12H14FNO. The van der Waals surface area contributed by atoms with Crippen LogP contribution < -0.4 is 4.90 Å². The van der Waals surface area contributed by atoms with E-state index >= 15 is 0 Å². The lowest BCUT2D eigenvalue weighted by Gasteiger charge is -2.28. The third kappa shape index (κ3) is 1.87. The maximum atomic E-state index is 12.3. The van der Waals surface area contributed by atoms with E-state index in [1.165, 1.54) is 5.56 Å². The molecule has 2 rings (SSSR count). The van der Waals surface area contributed by atoms with Crippen LogP contribution in [0.4, 0.5) is 10.1 Å². The molecule has 0 aliphatic carbocycles. The number of hydrogen-bond donors (Lipinski definition) is 0. The summed E-state index contributed by atoms with van der Waals surface area (Å²) in [6.45, 7) is 1.71. The second-order valence-electron chi connectivity index (χ2n) is 3.87. The van der Waals surface area contributed by atoms with Crippen LogP contribution in [0.1, 0.15) is 17.5 Å². The van der Waals surface area contributed by atoms with Crippen molar-refractivity contribution in [1.29, 1.82) is 0 Å². The van der Waals surface area contributed by atoms with Gasteiger partial charge in [0, 0.05) is 12.1 Å². The molecule has 0 aromatic heterocycles. The molecule has 1 aliphatic heterocycles. The van der Waals surface area contributed by atoms with Crippen LogP contribution in [0.25, 0.3) is 0 Å². The van der Waals surface area contributed by atoms with Crippen LogP contribution in [-0.4, -0.2) is 19.1 Å². The number of rotatable bonds is 2. The van der Waals surface area contributed by atoms with Gasteiger partial charge in [-0.2, -0.15) is 0 Å². The van der Waals surface area contributed by atoms with Crippen LogP contribution in [0.2, 0.25) is 0 Å². The minimum atomic E-state index is -0.487. The van der Waals surface area contributed by atoms with E-state index in [-0.39, 0.29) is 12.5 Å². The molecule has 3 heteroatoms. The number of carbonyl (C=O) groups is 1. The standard InChI is InChI=1S/C12H14FNO/c1-9-2-4-11-10(8-9)3-5-12(15)14(11)7-6-13/h2,4,8H,3,5-7H2,1H3. The molecule has 80 valence electrons. The van der Waals surface area contributed by atoms with Crippen molar-refractivity contribution in [2.45, 2.75) is 19.8 Å². The molecule has 1 aromatic rings. The number of anilines is 1. The number of hydrogen-bond acceptors (Lipinski definition) is 1. The highest BCUT2D eigenvalue weighted by Crippen LogP contribution is 2.28. The molecule has 0 atom stereocenters. The van der Waals surface area contributed by atoms with Gasteiger partial charge in [-0.05, 0) is 25.0 Å². The quantitative estimate of drug-likeness (QED) is 0.728. The van der Waals surface area contributed by atoms with Gasteiger partial charge in [0.1, 0.15) is 6.67 Å². The van der Waals surface area contributed by atoms with Crippen LogP contribution in [0.3, 0.4) is 0 Å². The first-order chi connectivity index (χ1) is 7.22. The third-order valence-corrected chi connectivity index (χ3v) is 2.74. The van der Waals surface area contributed by atoms with Gasteiger partial charge in [0.05, 0.1) is 6.54 Å². The van der Waals surface area contributed by atoms with Gasteiger partial charge in [-0.1, -0.05) is 17.7 Å². The second-order valence-corrected chi connectivity index (χ2v) is 3.87. The predicted octanol–water partition coefficient (Wildman–Crippen LogP) is 2.24. The minimum Gasteiger partial charge on any atom is -0.310 e. The molecule has 1 heterocycles. The lowest BCUT2D eigenvalue weighted by Crippen LogP contribution is -2.36. The largest absolute Gasteiger partial charge is 0.310 e. The molecule has 0 spiro atoms. The van der Waals surface area contributed by atoms with E-state index in [2.05, 4.69) is 6.07 Å². The van der Waals surface area contributed by atoms with Crippen molar-refractivity contribution >= 4 is 11.6 Å². The maximum Gasteiger partial charge on any atom is 0.227 e. The Morgan fingerprint density at radius 2 is 2.20 bits per heavy atom. The van der Waals surface area contributed by atoms with Gasteiger partial charge in [0.2, 0.25) is 5.91 Å². The molecule has 0 bridgehead atoms. The molecule has 0 N–H and O–H groups in total. The number of halogens is 1. The average Bonchev–Trinajstić information content (AvgIpc) is 2.22. The van der Waals surface area contributed by atoms with E-state index in [4.69, 9.17) is 0 Å². The summed E-state index contributed by atoms with van der Waals surface area (Å²) in [5, 5.41) is 0. The fourth-order valence-corrected chi connectivity index (χ4v) is 2.02. The fraction of sp³-hybridized carbons (Fsp3) is 0.417. The van der Waals surface area contributed by atoms with Gasteiger partial charge < -0.3 is 4.90 Å². The van der Waals surface area contributed by atoms with E-state index in [0.29, 0.717) is 6.42 Å². The zero-order valence-corrected chi connectivity index (χ0v) is 8.79. The van der Waals surface area contributed by atoms with Crippen LogP contribution in [0.5, 0.6) is 0 Å². The summed E-state index contributed by atoms with van der Waals surface area (Å²) >= 11 is 0. The molecule has 1 aliphatic rings. The highest BCUT2D eigenvalue weighted by Gasteiger charge is 2.23. The Bertz CT molecular complexity index is 389. The van der Waals surface area contributed by atoms with Gasteiger partial charge in [0.15, 0.2) is 0 Å². The van der Waals surface area contributed by atoms with Crippen molar-refractivity contribution in [3.8, 4) is 0 Å². The minimum absolute atomic E-state index is 0.0315. The Hall–Kier alpha value is -1.38. The second kappa shape index (κ2) is 4.01. The van der Waals surface area contributed by atoms with Crippen LogP contribution in [0.15, 0.2) is 18.2 Å². The monoisotopic (exact) mass is 207 g/mol. The molecule has 15 heavy (non-hydrogen) atoms. The SMILES string of the molecule is Cc1ccc2c(c1)CCC(=O)N2CCF. The van der Waals surface area contributed by atoms with Gasteiger partial charge in [-0.3, -0.25) is 4.79 Å². The first-order valence-corrected chi connectivity index (χ1v) is 5.18. The average molecular weight is 207 g/mol. The molecule has 0 saturated heterocycles. The van der Waals surface area contributed by atoms with Gasteiger partial charge in [-0.15, -0.1) is 0 Å². The summed E-state index contributed by atoms with van der Waals surface area (Å²) in [6.07, 6.45) is 1.27. The maximum absolute atomic E-state index is 12.3. The Labute approximate surface area is 88.7 Å². The van der Waals surface area contributed by atoms with E-state index in [9.17, 15) is 9.18 Å². The van der Waals surface area contributed by atoms with E-state index in [1.54, 1.807) is 4.90 Å². The zero-order valence-electron chi connectivity index (χ0n) is 8.79. The molecule has 1 aromatic carbocycles. The first-order valence-electron chi connectivity index (χ1n) is 5.18. The number of fused-ring (bicyclic) bond motifs is 1. The van der Waals surface area contributed by atoms with Gasteiger partial charge in [-0.25, -0.2) is 4.39 Å². The van der Waals surface area contributed by atoms with Crippen LogP contribution >= 0.6 is 0 Å².